The van der Waals surface area contributed by atoms with Crippen molar-refractivity contribution in [1.82, 2.24) is 14.4 Å². The molecule has 27 heavy (non-hydrogen) atoms. The average Bonchev–Trinajstić information content (AvgIpc) is 3.15. The second-order valence-corrected chi connectivity index (χ2v) is 8.48. The molecule has 0 atom stereocenters. The number of hydrogen-bond donors (Lipinski definition) is 0. The van der Waals surface area contributed by atoms with E-state index in [1.807, 2.05) is 30.3 Å². The standard InChI is InChI=1S/C18H25N3O5S/c1-24-11-12-25-13-17-19-18(20-26-17)16-7-9-21(10-8-16)27(22,23)14-15-5-3-2-4-6-15/h2-6,16H,7-14H2,1H3. The number of sulfonamides is 1. The third-order valence-corrected chi connectivity index (χ3v) is 6.40. The van der Waals surface area contributed by atoms with Gasteiger partial charge < -0.3 is 14.0 Å². The Kier molecular flexibility index (Phi) is 6.95. The first-order chi connectivity index (χ1) is 13.1. The molecule has 3 rings (SSSR count). The molecule has 8 nitrogen and oxygen atoms in total. The van der Waals surface area contributed by atoms with E-state index in [0.717, 1.165) is 5.56 Å². The van der Waals surface area contributed by atoms with Gasteiger partial charge in [0.05, 0.1) is 19.0 Å². The van der Waals surface area contributed by atoms with Crippen LogP contribution < -0.4 is 0 Å². The van der Waals surface area contributed by atoms with Crippen LogP contribution in [0.4, 0.5) is 0 Å². The highest BCUT2D eigenvalue weighted by atomic mass is 32.2. The normalized spacial score (nSPS) is 16.6. The Balaban J connectivity index is 1.50. The Bertz CT molecular complexity index is 801. The summed E-state index contributed by atoms with van der Waals surface area (Å²) in [4.78, 5) is 4.37. The molecule has 1 aliphatic heterocycles. The molecule has 2 heterocycles. The first-order valence-electron chi connectivity index (χ1n) is 8.99. The number of rotatable bonds is 9. The number of piperidine rings is 1. The van der Waals surface area contributed by atoms with E-state index in [0.29, 0.717) is 50.9 Å². The molecule has 1 aromatic heterocycles. The zero-order valence-corrected chi connectivity index (χ0v) is 16.2. The maximum absolute atomic E-state index is 12.6. The van der Waals surface area contributed by atoms with Crippen LogP contribution in [0.5, 0.6) is 0 Å². The van der Waals surface area contributed by atoms with Gasteiger partial charge in [-0.1, -0.05) is 35.5 Å². The fraction of sp³-hybridized carbons (Fsp3) is 0.556. The van der Waals surface area contributed by atoms with Crippen LogP contribution in [0, 0.1) is 0 Å². The van der Waals surface area contributed by atoms with Crippen molar-refractivity contribution in [1.29, 1.82) is 0 Å². The summed E-state index contributed by atoms with van der Waals surface area (Å²) >= 11 is 0. The van der Waals surface area contributed by atoms with Gasteiger partial charge in [0.1, 0.15) is 6.61 Å². The molecule has 1 fully saturated rings. The first kappa shape index (κ1) is 19.9. The minimum absolute atomic E-state index is 0.0314. The summed E-state index contributed by atoms with van der Waals surface area (Å²) in [6, 6.07) is 9.25. The Morgan fingerprint density at radius 1 is 1.19 bits per heavy atom. The smallest absolute Gasteiger partial charge is 0.252 e. The summed E-state index contributed by atoms with van der Waals surface area (Å²) in [6.07, 6.45) is 1.36. The van der Waals surface area contributed by atoms with Crippen LogP contribution in [0.2, 0.25) is 0 Å². The van der Waals surface area contributed by atoms with Gasteiger partial charge in [-0.15, -0.1) is 0 Å². The lowest BCUT2D eigenvalue weighted by atomic mass is 9.98. The molecule has 0 unspecified atom stereocenters. The Morgan fingerprint density at radius 2 is 1.93 bits per heavy atom. The molecule has 148 valence electrons. The van der Waals surface area contributed by atoms with E-state index >= 15 is 0 Å². The number of hydrogen-bond acceptors (Lipinski definition) is 7. The monoisotopic (exact) mass is 395 g/mol. The van der Waals surface area contributed by atoms with Gasteiger partial charge in [0.2, 0.25) is 10.0 Å². The number of aromatic nitrogens is 2. The van der Waals surface area contributed by atoms with Gasteiger partial charge in [-0.25, -0.2) is 12.7 Å². The van der Waals surface area contributed by atoms with Crippen molar-refractivity contribution in [3.63, 3.8) is 0 Å². The van der Waals surface area contributed by atoms with Crippen molar-refractivity contribution in [2.24, 2.45) is 0 Å². The highest BCUT2D eigenvalue weighted by molar-refractivity contribution is 7.88. The van der Waals surface area contributed by atoms with Crippen LogP contribution in [-0.4, -0.2) is 56.3 Å². The number of ether oxygens (including phenoxy) is 2. The van der Waals surface area contributed by atoms with Crippen molar-refractivity contribution < 1.29 is 22.4 Å². The summed E-state index contributed by atoms with van der Waals surface area (Å²) in [6.45, 7) is 2.16. The molecule has 0 saturated carbocycles. The van der Waals surface area contributed by atoms with Crippen LogP contribution >= 0.6 is 0 Å². The van der Waals surface area contributed by atoms with E-state index in [1.165, 1.54) is 0 Å². The molecular weight excluding hydrogens is 370 g/mol. The second-order valence-electron chi connectivity index (χ2n) is 6.51. The largest absolute Gasteiger partial charge is 0.382 e. The van der Waals surface area contributed by atoms with Gasteiger partial charge in [0.25, 0.3) is 5.89 Å². The van der Waals surface area contributed by atoms with Gasteiger partial charge in [0.15, 0.2) is 5.82 Å². The van der Waals surface area contributed by atoms with Crippen molar-refractivity contribution in [3.05, 3.63) is 47.6 Å². The second kappa shape index (κ2) is 9.41. The van der Waals surface area contributed by atoms with Crippen molar-refractivity contribution in [2.75, 3.05) is 33.4 Å². The molecule has 9 heteroatoms. The molecule has 0 N–H and O–H groups in total. The van der Waals surface area contributed by atoms with E-state index in [4.69, 9.17) is 14.0 Å². The van der Waals surface area contributed by atoms with Crippen LogP contribution in [0.15, 0.2) is 34.9 Å². The van der Waals surface area contributed by atoms with E-state index in [2.05, 4.69) is 10.1 Å². The van der Waals surface area contributed by atoms with E-state index in [9.17, 15) is 8.42 Å². The van der Waals surface area contributed by atoms with Gasteiger partial charge in [-0.3, -0.25) is 0 Å². The molecular formula is C18H25N3O5S. The topological polar surface area (TPSA) is 94.8 Å². The SMILES string of the molecule is COCCOCc1nc(C2CCN(S(=O)(=O)Cc3ccccc3)CC2)no1. The van der Waals surface area contributed by atoms with E-state index in [-0.39, 0.29) is 18.3 Å². The lowest BCUT2D eigenvalue weighted by Crippen LogP contribution is -2.38. The van der Waals surface area contributed by atoms with E-state index < -0.39 is 10.0 Å². The van der Waals surface area contributed by atoms with Crippen molar-refractivity contribution in [2.45, 2.75) is 31.1 Å². The highest BCUT2D eigenvalue weighted by Crippen LogP contribution is 2.28. The molecule has 0 aliphatic carbocycles. The zero-order chi connectivity index (χ0) is 19.1. The predicted octanol–water partition coefficient (Wildman–Crippen LogP) is 1.94. The predicted molar refractivity (Wildman–Crippen MR) is 98.4 cm³/mol. The molecule has 0 amide bonds. The molecule has 2 aromatic rings. The number of methoxy groups -OCH3 is 1. The molecule has 0 bridgehead atoms. The maximum Gasteiger partial charge on any atom is 0.252 e. The Morgan fingerprint density at radius 3 is 2.63 bits per heavy atom. The number of nitrogens with zero attached hydrogens (tertiary/aromatic N) is 3. The fourth-order valence-corrected chi connectivity index (χ4v) is 4.63. The summed E-state index contributed by atoms with van der Waals surface area (Å²) in [7, 11) is -1.71. The van der Waals surface area contributed by atoms with Crippen molar-refractivity contribution in [3.8, 4) is 0 Å². The zero-order valence-electron chi connectivity index (χ0n) is 15.4. The number of benzene rings is 1. The van der Waals surface area contributed by atoms with Crippen LogP contribution in [0.3, 0.4) is 0 Å². The third kappa shape index (κ3) is 5.58. The molecule has 1 saturated heterocycles. The van der Waals surface area contributed by atoms with Crippen LogP contribution in [0.1, 0.15) is 36.0 Å². The van der Waals surface area contributed by atoms with Gasteiger partial charge in [0, 0.05) is 26.1 Å². The maximum atomic E-state index is 12.6. The lowest BCUT2D eigenvalue weighted by molar-refractivity contribution is 0.0494. The Hall–Kier alpha value is -1.81. The highest BCUT2D eigenvalue weighted by Gasteiger charge is 2.30. The van der Waals surface area contributed by atoms with E-state index in [1.54, 1.807) is 11.4 Å². The Labute approximate surface area is 159 Å². The van der Waals surface area contributed by atoms with Gasteiger partial charge >= 0.3 is 0 Å². The van der Waals surface area contributed by atoms with Gasteiger partial charge in [-0.2, -0.15) is 4.98 Å². The molecule has 1 aliphatic rings. The average molecular weight is 395 g/mol. The van der Waals surface area contributed by atoms with Crippen LogP contribution in [0.25, 0.3) is 0 Å². The first-order valence-corrected chi connectivity index (χ1v) is 10.6. The minimum Gasteiger partial charge on any atom is -0.382 e. The van der Waals surface area contributed by atoms with Crippen LogP contribution in [-0.2, 0) is 31.9 Å². The summed E-state index contributed by atoms with van der Waals surface area (Å²) in [5.41, 5.74) is 0.802. The minimum atomic E-state index is -3.32. The molecule has 0 radical (unpaired) electrons. The summed E-state index contributed by atoms with van der Waals surface area (Å²) in [5, 5.41) is 4.03. The van der Waals surface area contributed by atoms with Gasteiger partial charge in [-0.05, 0) is 18.4 Å². The lowest BCUT2D eigenvalue weighted by Gasteiger charge is -2.29. The third-order valence-electron chi connectivity index (χ3n) is 4.55. The summed E-state index contributed by atoms with van der Waals surface area (Å²) < 4.78 is 42.3. The molecule has 0 spiro atoms. The summed E-state index contributed by atoms with van der Waals surface area (Å²) in [5.74, 6) is 1.19. The molecule has 1 aromatic carbocycles. The fourth-order valence-electron chi connectivity index (χ4n) is 3.06. The van der Waals surface area contributed by atoms with Crippen molar-refractivity contribution >= 4 is 10.0 Å². The quantitative estimate of drug-likeness (QED) is 0.599.